The molecule has 0 aliphatic carbocycles. The SMILES string of the molecule is COc1ccc(N2[C]N3C(=N2)COC(C)(C)[C@@H]3Cc2ccccc2)cc1. The molecule has 2 radical (unpaired) electrons. The summed E-state index contributed by atoms with van der Waals surface area (Å²) in [7, 11) is 1.66. The molecule has 2 aromatic carbocycles. The Labute approximate surface area is 154 Å². The minimum atomic E-state index is -0.294. The van der Waals surface area contributed by atoms with Crippen molar-refractivity contribution in [1.29, 1.82) is 0 Å². The smallest absolute Gasteiger partial charge is 0.233 e. The minimum Gasteiger partial charge on any atom is -0.497 e. The molecule has 1 fully saturated rings. The van der Waals surface area contributed by atoms with Crippen LogP contribution in [0.15, 0.2) is 59.7 Å². The highest BCUT2D eigenvalue weighted by Crippen LogP contribution is 2.34. The summed E-state index contributed by atoms with van der Waals surface area (Å²) in [6.07, 6.45) is 0.871. The van der Waals surface area contributed by atoms with Gasteiger partial charge >= 0.3 is 0 Å². The van der Waals surface area contributed by atoms with Gasteiger partial charge in [0, 0.05) is 0 Å². The van der Waals surface area contributed by atoms with Crippen LogP contribution in [0.3, 0.4) is 0 Å². The fourth-order valence-corrected chi connectivity index (χ4v) is 3.36. The number of hydrogen-bond donors (Lipinski definition) is 0. The van der Waals surface area contributed by atoms with Crippen LogP contribution in [0, 0.1) is 6.67 Å². The zero-order chi connectivity index (χ0) is 18.1. The largest absolute Gasteiger partial charge is 0.497 e. The van der Waals surface area contributed by atoms with E-state index >= 15 is 0 Å². The lowest BCUT2D eigenvalue weighted by Gasteiger charge is -2.44. The number of benzene rings is 2. The Morgan fingerprint density at radius 1 is 1.15 bits per heavy atom. The molecule has 26 heavy (non-hydrogen) atoms. The standard InChI is InChI=1S/C21H23N3O2/c1-21(2)19(13-16-7-5-4-6-8-16)23-15-24(22-20(23)14-26-21)17-9-11-18(25-3)12-10-17/h4-12,19H,13-14H2,1-3H3/t19-/m0/s1. The molecule has 0 spiro atoms. The first-order valence-corrected chi connectivity index (χ1v) is 8.82. The van der Waals surface area contributed by atoms with Gasteiger partial charge in [-0.05, 0) is 50.1 Å². The Balaban J connectivity index is 1.57. The summed E-state index contributed by atoms with van der Waals surface area (Å²) in [4.78, 5) is 2.14. The van der Waals surface area contributed by atoms with Crippen LogP contribution in [0.5, 0.6) is 5.75 Å². The van der Waals surface area contributed by atoms with Crippen molar-refractivity contribution in [2.75, 3.05) is 18.7 Å². The molecule has 0 saturated carbocycles. The Kier molecular flexibility index (Phi) is 4.32. The van der Waals surface area contributed by atoms with Crippen molar-refractivity contribution in [3.8, 4) is 5.75 Å². The van der Waals surface area contributed by atoms with E-state index in [-0.39, 0.29) is 11.6 Å². The average Bonchev–Trinajstić information content (AvgIpc) is 3.09. The number of hydrogen-bond acceptors (Lipinski definition) is 5. The van der Waals surface area contributed by atoms with Crippen molar-refractivity contribution in [1.82, 2.24) is 4.90 Å². The summed E-state index contributed by atoms with van der Waals surface area (Å²) in [5.41, 5.74) is 1.93. The van der Waals surface area contributed by atoms with Crippen LogP contribution in [-0.2, 0) is 11.2 Å². The Morgan fingerprint density at radius 3 is 2.58 bits per heavy atom. The first-order valence-electron chi connectivity index (χ1n) is 8.82. The van der Waals surface area contributed by atoms with E-state index in [2.05, 4.69) is 49.7 Å². The second-order valence-electron chi connectivity index (χ2n) is 7.09. The lowest BCUT2D eigenvalue weighted by atomic mass is 9.89. The number of morpholine rings is 1. The number of amidine groups is 1. The third-order valence-corrected chi connectivity index (χ3v) is 4.97. The van der Waals surface area contributed by atoms with E-state index in [1.54, 1.807) is 12.1 Å². The molecular weight excluding hydrogens is 326 g/mol. The van der Waals surface area contributed by atoms with Crippen LogP contribution in [0.25, 0.3) is 0 Å². The molecule has 134 valence electrons. The molecule has 2 heterocycles. The van der Waals surface area contributed by atoms with Crippen LogP contribution >= 0.6 is 0 Å². The molecule has 1 saturated heterocycles. The highest BCUT2D eigenvalue weighted by molar-refractivity contribution is 5.89. The van der Waals surface area contributed by atoms with E-state index in [9.17, 15) is 0 Å². The van der Waals surface area contributed by atoms with Crippen molar-refractivity contribution in [2.45, 2.75) is 31.9 Å². The van der Waals surface area contributed by atoms with Crippen molar-refractivity contribution in [3.05, 3.63) is 66.8 Å². The summed E-state index contributed by atoms with van der Waals surface area (Å²) in [5.74, 6) is 1.71. The molecule has 4 rings (SSSR count). The number of nitrogens with zero attached hydrogens (tertiary/aromatic N) is 3. The second kappa shape index (κ2) is 6.65. The average molecular weight is 349 g/mol. The lowest BCUT2D eigenvalue weighted by Crippen LogP contribution is -2.58. The summed E-state index contributed by atoms with van der Waals surface area (Å²) in [6.45, 7) is 8.17. The highest BCUT2D eigenvalue weighted by Gasteiger charge is 2.45. The molecular formula is C21H23N3O2. The number of anilines is 1. The second-order valence-corrected chi connectivity index (χ2v) is 7.09. The summed E-state index contributed by atoms with van der Waals surface area (Å²) in [6, 6.07) is 18.4. The van der Waals surface area contributed by atoms with Crippen molar-refractivity contribution in [2.24, 2.45) is 5.10 Å². The van der Waals surface area contributed by atoms with Crippen LogP contribution in [0.1, 0.15) is 19.4 Å². The molecule has 0 N–H and O–H groups in total. The van der Waals surface area contributed by atoms with Gasteiger partial charge in [-0.15, -0.1) is 0 Å². The summed E-state index contributed by atoms with van der Waals surface area (Å²) in [5, 5.41) is 6.48. The van der Waals surface area contributed by atoms with E-state index in [0.717, 1.165) is 23.7 Å². The van der Waals surface area contributed by atoms with Gasteiger partial charge in [0.05, 0.1) is 24.4 Å². The molecule has 0 amide bonds. The van der Waals surface area contributed by atoms with E-state index in [1.165, 1.54) is 5.56 Å². The third kappa shape index (κ3) is 3.15. The van der Waals surface area contributed by atoms with Crippen LogP contribution in [0.2, 0.25) is 0 Å². The van der Waals surface area contributed by atoms with Gasteiger partial charge in [0.1, 0.15) is 12.4 Å². The lowest BCUT2D eigenvalue weighted by molar-refractivity contribution is -0.0666. The first-order chi connectivity index (χ1) is 12.6. The van der Waals surface area contributed by atoms with Gasteiger partial charge in [0.15, 0.2) is 5.84 Å². The number of rotatable bonds is 4. The van der Waals surface area contributed by atoms with Gasteiger partial charge in [-0.1, -0.05) is 30.3 Å². The third-order valence-electron chi connectivity index (χ3n) is 4.97. The zero-order valence-electron chi connectivity index (χ0n) is 15.3. The Hall–Kier alpha value is -2.53. The van der Waals surface area contributed by atoms with Crippen molar-refractivity contribution in [3.63, 3.8) is 0 Å². The fourth-order valence-electron chi connectivity index (χ4n) is 3.36. The number of hydrazone groups is 1. The predicted octanol–water partition coefficient (Wildman–Crippen LogP) is 3.55. The van der Waals surface area contributed by atoms with Gasteiger partial charge in [0.25, 0.3) is 0 Å². The zero-order valence-corrected chi connectivity index (χ0v) is 15.3. The summed E-state index contributed by atoms with van der Waals surface area (Å²) >= 11 is 0. The van der Waals surface area contributed by atoms with Crippen molar-refractivity contribution >= 4 is 11.5 Å². The molecule has 2 aliphatic heterocycles. The van der Waals surface area contributed by atoms with Crippen LogP contribution in [-0.4, -0.2) is 36.1 Å². The van der Waals surface area contributed by atoms with E-state index in [1.807, 2.05) is 30.3 Å². The number of ether oxygens (including phenoxy) is 2. The predicted molar refractivity (Wildman–Crippen MR) is 102 cm³/mol. The Morgan fingerprint density at radius 2 is 1.88 bits per heavy atom. The number of fused-ring (bicyclic) bond motifs is 1. The number of methoxy groups -OCH3 is 1. The van der Waals surface area contributed by atoms with E-state index in [0.29, 0.717) is 6.61 Å². The molecule has 0 unspecified atom stereocenters. The van der Waals surface area contributed by atoms with Gasteiger partial charge < -0.3 is 14.4 Å². The maximum absolute atomic E-state index is 6.13. The molecule has 5 nitrogen and oxygen atoms in total. The van der Waals surface area contributed by atoms with Gasteiger partial charge in [-0.25, -0.2) is 5.01 Å². The molecule has 0 aromatic heterocycles. The molecule has 0 bridgehead atoms. The van der Waals surface area contributed by atoms with E-state index in [4.69, 9.17) is 14.6 Å². The van der Waals surface area contributed by atoms with Crippen LogP contribution < -0.4 is 9.75 Å². The Bertz CT molecular complexity index is 787. The summed E-state index contributed by atoms with van der Waals surface area (Å²) < 4.78 is 11.4. The molecule has 1 atom stereocenters. The van der Waals surface area contributed by atoms with Gasteiger partial charge in [-0.2, -0.15) is 5.10 Å². The highest BCUT2D eigenvalue weighted by atomic mass is 16.5. The first kappa shape index (κ1) is 16.9. The maximum Gasteiger partial charge on any atom is 0.233 e. The van der Waals surface area contributed by atoms with E-state index < -0.39 is 0 Å². The molecule has 5 heteroatoms. The molecule has 2 aromatic rings. The molecule has 2 aliphatic rings. The quantitative estimate of drug-likeness (QED) is 0.846. The maximum atomic E-state index is 6.13. The fraction of sp³-hybridized carbons (Fsp3) is 0.333. The van der Waals surface area contributed by atoms with Crippen molar-refractivity contribution < 1.29 is 9.47 Å². The van der Waals surface area contributed by atoms with Gasteiger partial charge in [-0.3, -0.25) is 0 Å². The van der Waals surface area contributed by atoms with Gasteiger partial charge in [0.2, 0.25) is 6.67 Å². The normalized spacial score (nSPS) is 21.3. The topological polar surface area (TPSA) is 37.3 Å². The van der Waals surface area contributed by atoms with Crippen LogP contribution in [0.4, 0.5) is 5.69 Å². The minimum absolute atomic E-state index is 0.126. The monoisotopic (exact) mass is 349 g/mol.